The predicted octanol–water partition coefficient (Wildman–Crippen LogP) is 3.05. The number of carbonyl (C=O) groups is 1. The first kappa shape index (κ1) is 12.5. The van der Waals surface area contributed by atoms with Crippen molar-refractivity contribution in [1.82, 2.24) is 9.97 Å². The summed E-state index contributed by atoms with van der Waals surface area (Å²) in [5, 5.41) is 3.97. The number of fused-ring (bicyclic) bond motifs is 1. The van der Waals surface area contributed by atoms with Gasteiger partial charge in [0.15, 0.2) is 0 Å². The van der Waals surface area contributed by atoms with E-state index in [1.54, 1.807) is 30.5 Å². The van der Waals surface area contributed by atoms with E-state index in [0.717, 1.165) is 10.9 Å². The molecule has 0 aliphatic heterocycles. The van der Waals surface area contributed by atoms with Crippen molar-refractivity contribution in [2.45, 2.75) is 0 Å². The molecule has 100 valence electrons. The molecule has 3 aromatic rings. The molecular formula is C14H11ClN4O. The fourth-order valence-electron chi connectivity index (χ4n) is 1.98. The van der Waals surface area contributed by atoms with Crippen LogP contribution in [0.25, 0.3) is 10.9 Å². The number of H-pyrrole nitrogens is 1. The normalized spacial score (nSPS) is 10.7. The minimum atomic E-state index is -0.217. The molecule has 0 unspecified atom stereocenters. The molecule has 0 fully saturated rings. The van der Waals surface area contributed by atoms with Gasteiger partial charge in [-0.1, -0.05) is 11.6 Å². The van der Waals surface area contributed by atoms with Gasteiger partial charge in [-0.15, -0.1) is 0 Å². The average molecular weight is 287 g/mol. The zero-order chi connectivity index (χ0) is 14.1. The summed E-state index contributed by atoms with van der Waals surface area (Å²) in [6, 6.07) is 8.68. The summed E-state index contributed by atoms with van der Waals surface area (Å²) in [4.78, 5) is 19.2. The van der Waals surface area contributed by atoms with E-state index in [0.29, 0.717) is 22.1 Å². The van der Waals surface area contributed by atoms with Gasteiger partial charge in [-0.3, -0.25) is 4.79 Å². The van der Waals surface area contributed by atoms with E-state index in [9.17, 15) is 4.79 Å². The molecule has 5 nitrogen and oxygen atoms in total. The van der Waals surface area contributed by atoms with E-state index in [-0.39, 0.29) is 5.91 Å². The highest BCUT2D eigenvalue weighted by Crippen LogP contribution is 2.21. The Kier molecular flexibility index (Phi) is 3.04. The van der Waals surface area contributed by atoms with Crippen LogP contribution >= 0.6 is 11.6 Å². The zero-order valence-corrected chi connectivity index (χ0v) is 11.1. The minimum absolute atomic E-state index is 0.217. The maximum Gasteiger partial charge on any atom is 0.257 e. The number of nitrogens with two attached hydrogens (primary N) is 1. The van der Waals surface area contributed by atoms with E-state index in [2.05, 4.69) is 15.3 Å². The molecule has 4 N–H and O–H groups in total. The minimum Gasteiger partial charge on any atom is -0.399 e. The predicted molar refractivity (Wildman–Crippen MR) is 79.9 cm³/mol. The molecule has 0 spiro atoms. The Hall–Kier alpha value is -2.53. The maximum atomic E-state index is 12.2. The van der Waals surface area contributed by atoms with Crippen molar-refractivity contribution in [1.29, 1.82) is 0 Å². The Morgan fingerprint density at radius 3 is 2.90 bits per heavy atom. The lowest BCUT2D eigenvalue weighted by molar-refractivity contribution is 0.102. The average Bonchev–Trinajstić information content (AvgIpc) is 2.84. The number of aromatic amines is 1. The summed E-state index contributed by atoms with van der Waals surface area (Å²) in [6.07, 6.45) is 3.16. The monoisotopic (exact) mass is 286 g/mol. The van der Waals surface area contributed by atoms with Crippen molar-refractivity contribution in [2.24, 2.45) is 0 Å². The molecule has 0 bridgehead atoms. The molecular weight excluding hydrogens is 276 g/mol. The number of benzene rings is 1. The van der Waals surface area contributed by atoms with Crippen LogP contribution in [0.4, 0.5) is 11.4 Å². The van der Waals surface area contributed by atoms with Crippen LogP contribution in [-0.2, 0) is 0 Å². The first-order valence-electron chi connectivity index (χ1n) is 5.93. The number of pyridine rings is 1. The van der Waals surface area contributed by atoms with Gasteiger partial charge < -0.3 is 16.0 Å². The standard InChI is InChI=1S/C14H11ClN4O/c15-13-4-2-9(6-18-13)19-14(20)11-7-17-12-5-8(16)1-3-10(11)12/h1-7,17H,16H2,(H,19,20). The molecule has 20 heavy (non-hydrogen) atoms. The second-order valence-corrected chi connectivity index (χ2v) is 4.72. The summed E-state index contributed by atoms with van der Waals surface area (Å²) in [5.41, 5.74) is 8.31. The van der Waals surface area contributed by atoms with Gasteiger partial charge in [0.05, 0.1) is 17.4 Å². The third-order valence-electron chi connectivity index (χ3n) is 2.94. The highest BCUT2D eigenvalue weighted by molar-refractivity contribution is 6.29. The van der Waals surface area contributed by atoms with Crippen LogP contribution in [0.1, 0.15) is 10.4 Å². The molecule has 0 radical (unpaired) electrons. The number of nitrogens with zero attached hydrogens (tertiary/aromatic N) is 1. The molecule has 0 atom stereocenters. The Labute approximate surface area is 119 Å². The third-order valence-corrected chi connectivity index (χ3v) is 3.16. The molecule has 0 saturated carbocycles. The van der Waals surface area contributed by atoms with Crippen molar-refractivity contribution >= 4 is 39.8 Å². The van der Waals surface area contributed by atoms with Crippen LogP contribution in [0.5, 0.6) is 0 Å². The first-order chi connectivity index (χ1) is 9.63. The summed E-state index contributed by atoms with van der Waals surface area (Å²) in [5.74, 6) is -0.217. The highest BCUT2D eigenvalue weighted by Gasteiger charge is 2.12. The van der Waals surface area contributed by atoms with Crippen molar-refractivity contribution in [3.8, 4) is 0 Å². The van der Waals surface area contributed by atoms with E-state index >= 15 is 0 Å². The number of amides is 1. The van der Waals surface area contributed by atoms with Crippen molar-refractivity contribution in [3.63, 3.8) is 0 Å². The molecule has 0 saturated heterocycles. The fourth-order valence-corrected chi connectivity index (χ4v) is 2.09. The lowest BCUT2D eigenvalue weighted by Gasteiger charge is -2.04. The van der Waals surface area contributed by atoms with Crippen molar-refractivity contribution in [3.05, 3.63) is 53.4 Å². The maximum absolute atomic E-state index is 12.2. The molecule has 0 aliphatic carbocycles. The van der Waals surface area contributed by atoms with Crippen LogP contribution in [0.15, 0.2) is 42.7 Å². The van der Waals surface area contributed by atoms with E-state index in [1.807, 2.05) is 6.07 Å². The van der Waals surface area contributed by atoms with Crippen LogP contribution in [0.2, 0.25) is 5.15 Å². The first-order valence-corrected chi connectivity index (χ1v) is 6.31. The molecule has 2 aromatic heterocycles. The Bertz CT molecular complexity index is 779. The lowest BCUT2D eigenvalue weighted by atomic mass is 10.1. The number of hydrogen-bond donors (Lipinski definition) is 3. The topological polar surface area (TPSA) is 83.8 Å². The molecule has 2 heterocycles. The second-order valence-electron chi connectivity index (χ2n) is 4.33. The summed E-state index contributed by atoms with van der Waals surface area (Å²) in [6.45, 7) is 0. The quantitative estimate of drug-likeness (QED) is 0.500. The lowest BCUT2D eigenvalue weighted by Crippen LogP contribution is -2.11. The summed E-state index contributed by atoms with van der Waals surface area (Å²) >= 11 is 5.70. The van der Waals surface area contributed by atoms with E-state index < -0.39 is 0 Å². The van der Waals surface area contributed by atoms with Gasteiger partial charge in [0, 0.05) is 22.8 Å². The van der Waals surface area contributed by atoms with Crippen LogP contribution in [0, 0.1) is 0 Å². The molecule has 1 amide bonds. The second kappa shape index (κ2) is 4.86. The number of nitrogens with one attached hydrogen (secondary N) is 2. The SMILES string of the molecule is Nc1ccc2c(C(=O)Nc3ccc(Cl)nc3)c[nH]c2c1. The molecule has 6 heteroatoms. The number of hydrogen-bond acceptors (Lipinski definition) is 3. The fraction of sp³-hybridized carbons (Fsp3) is 0. The number of aromatic nitrogens is 2. The highest BCUT2D eigenvalue weighted by atomic mass is 35.5. The van der Waals surface area contributed by atoms with E-state index in [1.165, 1.54) is 6.20 Å². The van der Waals surface area contributed by atoms with Gasteiger partial charge >= 0.3 is 0 Å². The number of carbonyl (C=O) groups excluding carboxylic acids is 1. The van der Waals surface area contributed by atoms with Gasteiger partial charge in [0.2, 0.25) is 0 Å². The van der Waals surface area contributed by atoms with Crippen molar-refractivity contribution in [2.75, 3.05) is 11.1 Å². The number of nitrogen functional groups attached to an aromatic ring is 1. The molecule has 3 rings (SSSR count). The van der Waals surface area contributed by atoms with Crippen LogP contribution in [-0.4, -0.2) is 15.9 Å². The van der Waals surface area contributed by atoms with Gasteiger partial charge in [-0.05, 0) is 30.3 Å². The Morgan fingerprint density at radius 1 is 1.30 bits per heavy atom. The van der Waals surface area contributed by atoms with Crippen molar-refractivity contribution < 1.29 is 4.79 Å². The largest absolute Gasteiger partial charge is 0.399 e. The molecule has 0 aliphatic rings. The smallest absolute Gasteiger partial charge is 0.257 e. The van der Waals surface area contributed by atoms with Gasteiger partial charge in [0.1, 0.15) is 5.15 Å². The van der Waals surface area contributed by atoms with Gasteiger partial charge in [0.25, 0.3) is 5.91 Å². The Morgan fingerprint density at radius 2 is 2.15 bits per heavy atom. The van der Waals surface area contributed by atoms with Gasteiger partial charge in [-0.2, -0.15) is 0 Å². The molecule has 1 aromatic carbocycles. The number of anilines is 2. The zero-order valence-electron chi connectivity index (χ0n) is 10.4. The van der Waals surface area contributed by atoms with Gasteiger partial charge in [-0.25, -0.2) is 4.98 Å². The number of rotatable bonds is 2. The number of halogens is 1. The van der Waals surface area contributed by atoms with Crippen LogP contribution < -0.4 is 11.1 Å². The Balaban J connectivity index is 1.91. The summed E-state index contributed by atoms with van der Waals surface area (Å²) < 4.78 is 0. The third kappa shape index (κ3) is 2.31. The van der Waals surface area contributed by atoms with Crippen LogP contribution in [0.3, 0.4) is 0 Å². The summed E-state index contributed by atoms with van der Waals surface area (Å²) in [7, 11) is 0. The van der Waals surface area contributed by atoms with E-state index in [4.69, 9.17) is 17.3 Å².